The fourth-order valence-electron chi connectivity index (χ4n) is 0.711. The third-order valence-corrected chi connectivity index (χ3v) is 1.27. The smallest absolute Gasteiger partial charge is 0.358 e. The number of ether oxygens (including phenoxy) is 1. The molecule has 0 aromatic carbocycles. The van der Waals surface area contributed by atoms with Crippen LogP contribution in [0.4, 0.5) is 0 Å². The van der Waals surface area contributed by atoms with Crippen molar-refractivity contribution >= 4 is 5.97 Å². The fraction of sp³-hybridized carbons (Fsp3) is 0.333. The molecule has 11 heavy (non-hydrogen) atoms. The zero-order valence-corrected chi connectivity index (χ0v) is 6.12. The minimum absolute atomic E-state index is 0.109. The van der Waals surface area contributed by atoms with Crippen LogP contribution in [-0.2, 0) is 0 Å². The summed E-state index contributed by atoms with van der Waals surface area (Å²) in [5, 5.41) is 11.8. The number of hydrogen-bond donors (Lipinski definition) is 1. The van der Waals surface area contributed by atoms with Crippen molar-refractivity contribution < 1.29 is 19.2 Å². The molecule has 0 bridgehead atoms. The first-order chi connectivity index (χ1) is 5.16. The molecule has 0 amide bonds. The third-order valence-electron chi connectivity index (χ3n) is 1.27. The number of carboxylic acids is 1. The second kappa shape index (κ2) is 2.61. The van der Waals surface area contributed by atoms with E-state index in [1.54, 1.807) is 6.92 Å². The molecule has 0 radical (unpaired) electrons. The van der Waals surface area contributed by atoms with Crippen LogP contribution in [0.15, 0.2) is 4.52 Å². The van der Waals surface area contributed by atoms with Crippen LogP contribution in [0.25, 0.3) is 0 Å². The van der Waals surface area contributed by atoms with Crippen LogP contribution >= 0.6 is 0 Å². The van der Waals surface area contributed by atoms with Gasteiger partial charge in [-0.1, -0.05) is 5.16 Å². The SMILES string of the molecule is COc1onc(C(=O)O)c1C. The molecule has 1 N–H and O–H groups in total. The maximum Gasteiger partial charge on any atom is 0.358 e. The van der Waals surface area contributed by atoms with Gasteiger partial charge >= 0.3 is 11.9 Å². The normalized spacial score (nSPS) is 9.64. The summed E-state index contributed by atoms with van der Waals surface area (Å²) in [4.78, 5) is 10.4. The van der Waals surface area contributed by atoms with Gasteiger partial charge in [0.25, 0.3) is 0 Å². The maximum atomic E-state index is 10.4. The number of aromatic nitrogens is 1. The van der Waals surface area contributed by atoms with E-state index in [-0.39, 0.29) is 11.6 Å². The first-order valence-corrected chi connectivity index (χ1v) is 2.90. The standard InChI is InChI=1S/C6H7NO4/c1-3-4(5(8)9)7-11-6(3)10-2/h1-2H3,(H,8,9). The Hall–Kier alpha value is -1.52. The molecule has 0 spiro atoms. The highest BCUT2D eigenvalue weighted by Crippen LogP contribution is 2.19. The zero-order valence-electron chi connectivity index (χ0n) is 6.12. The van der Waals surface area contributed by atoms with Crippen LogP contribution < -0.4 is 4.74 Å². The van der Waals surface area contributed by atoms with Crippen LogP contribution in [0.1, 0.15) is 16.1 Å². The van der Waals surface area contributed by atoms with Gasteiger partial charge in [-0.15, -0.1) is 0 Å². The zero-order chi connectivity index (χ0) is 8.43. The number of nitrogens with zero attached hydrogens (tertiary/aromatic N) is 1. The first-order valence-electron chi connectivity index (χ1n) is 2.90. The molecule has 60 valence electrons. The molecule has 0 aliphatic heterocycles. The largest absolute Gasteiger partial charge is 0.476 e. The molecule has 5 heteroatoms. The Morgan fingerprint density at radius 3 is 2.64 bits per heavy atom. The van der Waals surface area contributed by atoms with Crippen molar-refractivity contribution in [3.05, 3.63) is 11.3 Å². The van der Waals surface area contributed by atoms with E-state index in [0.29, 0.717) is 5.56 Å². The number of aromatic carboxylic acids is 1. The molecule has 0 saturated carbocycles. The Morgan fingerprint density at radius 1 is 1.73 bits per heavy atom. The van der Waals surface area contributed by atoms with Gasteiger partial charge in [-0.2, -0.15) is 0 Å². The van der Waals surface area contributed by atoms with Crippen molar-refractivity contribution in [2.45, 2.75) is 6.92 Å². The molecule has 1 heterocycles. The maximum absolute atomic E-state index is 10.4. The van der Waals surface area contributed by atoms with E-state index in [2.05, 4.69) is 14.4 Å². The second-order valence-electron chi connectivity index (χ2n) is 1.95. The molecule has 0 saturated heterocycles. The van der Waals surface area contributed by atoms with Gasteiger partial charge in [0.1, 0.15) is 0 Å². The highest BCUT2D eigenvalue weighted by atomic mass is 16.6. The number of hydrogen-bond acceptors (Lipinski definition) is 4. The van der Waals surface area contributed by atoms with E-state index < -0.39 is 5.97 Å². The van der Waals surface area contributed by atoms with Crippen molar-refractivity contribution in [3.8, 4) is 5.95 Å². The van der Waals surface area contributed by atoms with Crippen molar-refractivity contribution in [2.75, 3.05) is 7.11 Å². The molecular weight excluding hydrogens is 150 g/mol. The molecule has 0 fully saturated rings. The lowest BCUT2D eigenvalue weighted by atomic mass is 10.3. The Morgan fingerprint density at radius 2 is 2.36 bits per heavy atom. The molecule has 0 unspecified atom stereocenters. The molecule has 0 aliphatic rings. The first kappa shape index (κ1) is 7.59. The lowest BCUT2D eigenvalue weighted by Gasteiger charge is -1.90. The summed E-state index contributed by atoms with van der Waals surface area (Å²) >= 11 is 0. The quantitative estimate of drug-likeness (QED) is 0.683. The summed E-state index contributed by atoms with van der Waals surface area (Å²) in [6.07, 6.45) is 0. The van der Waals surface area contributed by atoms with Gasteiger partial charge in [-0.3, -0.25) is 0 Å². The molecule has 0 atom stereocenters. The summed E-state index contributed by atoms with van der Waals surface area (Å²) in [6.45, 7) is 1.57. The van der Waals surface area contributed by atoms with Crippen LogP contribution in [0.2, 0.25) is 0 Å². The van der Waals surface area contributed by atoms with Crippen LogP contribution in [0, 0.1) is 6.92 Å². The number of methoxy groups -OCH3 is 1. The van der Waals surface area contributed by atoms with Crippen molar-refractivity contribution in [1.29, 1.82) is 0 Å². The monoisotopic (exact) mass is 157 g/mol. The lowest BCUT2D eigenvalue weighted by Crippen LogP contribution is -1.98. The topological polar surface area (TPSA) is 72.6 Å². The van der Waals surface area contributed by atoms with Crippen LogP contribution in [0.5, 0.6) is 5.95 Å². The number of carboxylic acid groups (broad SMARTS) is 1. The van der Waals surface area contributed by atoms with Gasteiger partial charge in [0.2, 0.25) is 0 Å². The highest BCUT2D eigenvalue weighted by Gasteiger charge is 2.17. The molecule has 1 aromatic heterocycles. The van der Waals surface area contributed by atoms with Gasteiger partial charge in [-0.05, 0) is 6.92 Å². The van der Waals surface area contributed by atoms with Crippen LogP contribution in [0.3, 0.4) is 0 Å². The minimum atomic E-state index is -1.12. The number of rotatable bonds is 2. The molecular formula is C6H7NO4. The van der Waals surface area contributed by atoms with E-state index in [1.165, 1.54) is 7.11 Å². The Kier molecular flexibility index (Phi) is 1.80. The second-order valence-corrected chi connectivity index (χ2v) is 1.95. The predicted molar refractivity (Wildman–Crippen MR) is 34.8 cm³/mol. The predicted octanol–water partition coefficient (Wildman–Crippen LogP) is 0.690. The average Bonchev–Trinajstić information content (AvgIpc) is 2.30. The van der Waals surface area contributed by atoms with Gasteiger partial charge in [0, 0.05) is 0 Å². The van der Waals surface area contributed by atoms with Crippen molar-refractivity contribution in [1.82, 2.24) is 5.16 Å². The summed E-state index contributed by atoms with van der Waals surface area (Å²) < 4.78 is 9.24. The van der Waals surface area contributed by atoms with Crippen LogP contribution in [-0.4, -0.2) is 23.3 Å². The third kappa shape index (κ3) is 1.17. The van der Waals surface area contributed by atoms with Gasteiger partial charge < -0.3 is 14.4 Å². The molecule has 5 nitrogen and oxygen atoms in total. The van der Waals surface area contributed by atoms with E-state index in [9.17, 15) is 4.79 Å². The minimum Gasteiger partial charge on any atom is -0.476 e. The summed E-state index contributed by atoms with van der Waals surface area (Å²) in [7, 11) is 1.39. The molecule has 0 aliphatic carbocycles. The van der Waals surface area contributed by atoms with E-state index in [1.807, 2.05) is 0 Å². The van der Waals surface area contributed by atoms with E-state index in [0.717, 1.165) is 0 Å². The van der Waals surface area contributed by atoms with Crippen molar-refractivity contribution in [3.63, 3.8) is 0 Å². The Labute approximate surface area is 62.6 Å². The van der Waals surface area contributed by atoms with E-state index in [4.69, 9.17) is 5.11 Å². The van der Waals surface area contributed by atoms with Crippen molar-refractivity contribution in [2.24, 2.45) is 0 Å². The Balaban J connectivity index is 3.10. The van der Waals surface area contributed by atoms with E-state index >= 15 is 0 Å². The lowest BCUT2D eigenvalue weighted by molar-refractivity contribution is 0.0685. The van der Waals surface area contributed by atoms with Gasteiger partial charge in [-0.25, -0.2) is 4.79 Å². The Bertz CT molecular complexity index is 278. The average molecular weight is 157 g/mol. The molecule has 1 aromatic rings. The summed E-state index contributed by atoms with van der Waals surface area (Å²) in [5.41, 5.74) is 0.293. The number of carbonyl (C=O) groups is 1. The fourth-order valence-corrected chi connectivity index (χ4v) is 0.711. The summed E-state index contributed by atoms with van der Waals surface area (Å²) in [5.74, 6) is -0.975. The van der Waals surface area contributed by atoms with Gasteiger partial charge in [0.05, 0.1) is 12.7 Å². The molecule has 1 rings (SSSR count). The highest BCUT2D eigenvalue weighted by molar-refractivity contribution is 5.87. The van der Waals surface area contributed by atoms with Gasteiger partial charge in [0.15, 0.2) is 5.69 Å². The summed E-state index contributed by atoms with van der Waals surface area (Å²) in [6, 6.07) is 0.